The molecular weight excluding hydrogens is 180 g/mol. The summed E-state index contributed by atoms with van der Waals surface area (Å²) in [5, 5.41) is 9.48. The van der Waals surface area contributed by atoms with E-state index in [4.69, 9.17) is 0 Å². The monoisotopic (exact) mass is 194 g/mol. The van der Waals surface area contributed by atoms with Crippen LogP contribution in [-0.4, -0.2) is 36.4 Å². The van der Waals surface area contributed by atoms with Gasteiger partial charge in [-0.3, -0.25) is 4.79 Å². The minimum atomic E-state index is -0.139. The molecule has 0 aliphatic carbocycles. The highest BCUT2D eigenvalue weighted by atomic mass is 16.1. The summed E-state index contributed by atoms with van der Waals surface area (Å²) in [6.07, 6.45) is 2.81. The number of aromatic amines is 1. The van der Waals surface area contributed by atoms with Crippen LogP contribution in [0.1, 0.15) is 6.42 Å². The van der Waals surface area contributed by atoms with Crippen LogP contribution in [0.5, 0.6) is 0 Å². The van der Waals surface area contributed by atoms with Crippen molar-refractivity contribution in [2.24, 2.45) is 0 Å². The van der Waals surface area contributed by atoms with Crippen molar-refractivity contribution in [2.75, 3.05) is 31.1 Å². The fraction of sp³-hybridized carbons (Fsp3) is 0.556. The Labute approximate surface area is 82.1 Å². The first-order valence-electron chi connectivity index (χ1n) is 4.87. The lowest BCUT2D eigenvalue weighted by Gasteiger charge is -2.20. The Balaban J connectivity index is 2.16. The molecule has 76 valence electrons. The fourth-order valence-corrected chi connectivity index (χ4v) is 1.64. The first-order valence-corrected chi connectivity index (χ1v) is 4.87. The van der Waals surface area contributed by atoms with Gasteiger partial charge in [0.2, 0.25) is 0 Å². The van der Waals surface area contributed by atoms with Crippen molar-refractivity contribution in [1.82, 2.24) is 15.5 Å². The summed E-state index contributed by atoms with van der Waals surface area (Å²) in [6.45, 7) is 3.93. The van der Waals surface area contributed by atoms with Gasteiger partial charge in [-0.25, -0.2) is 5.10 Å². The third kappa shape index (κ3) is 2.11. The van der Waals surface area contributed by atoms with Crippen LogP contribution in [-0.2, 0) is 0 Å². The van der Waals surface area contributed by atoms with Crippen molar-refractivity contribution >= 4 is 5.69 Å². The lowest BCUT2D eigenvalue weighted by atomic mass is 10.3. The summed E-state index contributed by atoms with van der Waals surface area (Å²) in [4.78, 5) is 13.2. The highest BCUT2D eigenvalue weighted by Crippen LogP contribution is 2.09. The number of nitrogens with one attached hydrogen (secondary N) is 2. The normalized spacial score (nSPS) is 17.9. The summed E-state index contributed by atoms with van der Waals surface area (Å²) < 4.78 is 0. The second kappa shape index (κ2) is 4.23. The predicted molar refractivity (Wildman–Crippen MR) is 54.6 cm³/mol. The Morgan fingerprint density at radius 3 is 3.14 bits per heavy atom. The number of aromatic nitrogens is 2. The molecule has 1 fully saturated rings. The Morgan fingerprint density at radius 2 is 2.29 bits per heavy atom. The molecule has 2 rings (SSSR count). The smallest absolute Gasteiger partial charge is 0.266 e. The van der Waals surface area contributed by atoms with Crippen LogP contribution in [0.3, 0.4) is 0 Å². The molecule has 0 unspecified atom stereocenters. The topological polar surface area (TPSA) is 61.0 Å². The molecule has 0 amide bonds. The van der Waals surface area contributed by atoms with Gasteiger partial charge in [-0.05, 0) is 13.0 Å². The van der Waals surface area contributed by atoms with Crippen LogP contribution in [0, 0.1) is 0 Å². The van der Waals surface area contributed by atoms with Gasteiger partial charge in [-0.1, -0.05) is 0 Å². The van der Waals surface area contributed by atoms with E-state index in [2.05, 4.69) is 20.4 Å². The van der Waals surface area contributed by atoms with Crippen LogP contribution in [0.15, 0.2) is 17.1 Å². The van der Waals surface area contributed by atoms with Crippen molar-refractivity contribution in [3.63, 3.8) is 0 Å². The molecule has 1 aromatic heterocycles. The Kier molecular flexibility index (Phi) is 2.78. The van der Waals surface area contributed by atoms with E-state index >= 15 is 0 Å². The highest BCUT2D eigenvalue weighted by molar-refractivity contribution is 5.42. The number of hydrogen-bond donors (Lipinski definition) is 2. The average Bonchev–Trinajstić information content (AvgIpc) is 2.45. The largest absolute Gasteiger partial charge is 0.369 e. The zero-order chi connectivity index (χ0) is 9.80. The molecular formula is C9H14N4O. The van der Waals surface area contributed by atoms with E-state index in [9.17, 15) is 4.79 Å². The Morgan fingerprint density at radius 1 is 1.36 bits per heavy atom. The molecule has 1 saturated heterocycles. The van der Waals surface area contributed by atoms with Crippen molar-refractivity contribution in [1.29, 1.82) is 0 Å². The molecule has 0 aromatic carbocycles. The zero-order valence-corrected chi connectivity index (χ0v) is 7.99. The van der Waals surface area contributed by atoms with Crippen molar-refractivity contribution in [2.45, 2.75) is 6.42 Å². The van der Waals surface area contributed by atoms with E-state index in [1.165, 1.54) is 0 Å². The molecule has 0 atom stereocenters. The molecule has 14 heavy (non-hydrogen) atoms. The average molecular weight is 194 g/mol. The van der Waals surface area contributed by atoms with Crippen molar-refractivity contribution < 1.29 is 0 Å². The second-order valence-corrected chi connectivity index (χ2v) is 3.39. The highest BCUT2D eigenvalue weighted by Gasteiger charge is 2.09. The SMILES string of the molecule is O=c1cc(N2CCCNCC2)cn[nH]1. The number of nitrogens with zero attached hydrogens (tertiary/aromatic N) is 2. The zero-order valence-electron chi connectivity index (χ0n) is 7.99. The summed E-state index contributed by atoms with van der Waals surface area (Å²) >= 11 is 0. The maximum Gasteiger partial charge on any atom is 0.266 e. The van der Waals surface area contributed by atoms with Gasteiger partial charge >= 0.3 is 0 Å². The summed E-state index contributed by atoms with van der Waals surface area (Å²) in [6, 6.07) is 1.60. The van der Waals surface area contributed by atoms with Crippen LogP contribution >= 0.6 is 0 Å². The van der Waals surface area contributed by atoms with E-state index in [0.717, 1.165) is 38.3 Å². The Bertz CT molecular complexity index is 341. The molecule has 2 N–H and O–H groups in total. The van der Waals surface area contributed by atoms with Gasteiger partial charge < -0.3 is 10.2 Å². The van der Waals surface area contributed by atoms with Crippen LogP contribution < -0.4 is 15.8 Å². The molecule has 1 aromatic rings. The lowest BCUT2D eigenvalue weighted by Crippen LogP contribution is -2.29. The second-order valence-electron chi connectivity index (χ2n) is 3.39. The molecule has 0 bridgehead atoms. The molecule has 0 spiro atoms. The van der Waals surface area contributed by atoms with Crippen molar-refractivity contribution in [3.8, 4) is 0 Å². The van der Waals surface area contributed by atoms with Crippen LogP contribution in [0.25, 0.3) is 0 Å². The van der Waals surface area contributed by atoms with Gasteiger partial charge in [-0.15, -0.1) is 0 Å². The third-order valence-electron chi connectivity index (χ3n) is 2.36. The molecule has 1 aliphatic rings. The van der Waals surface area contributed by atoms with Gasteiger partial charge in [0.05, 0.1) is 11.9 Å². The molecule has 0 radical (unpaired) electrons. The van der Waals surface area contributed by atoms with Crippen LogP contribution in [0.2, 0.25) is 0 Å². The summed E-state index contributed by atoms with van der Waals surface area (Å²) in [5.41, 5.74) is 0.775. The first kappa shape index (κ1) is 9.21. The molecule has 5 nitrogen and oxygen atoms in total. The summed E-state index contributed by atoms with van der Waals surface area (Å²) in [7, 11) is 0. The van der Waals surface area contributed by atoms with Gasteiger partial charge in [0.15, 0.2) is 0 Å². The third-order valence-corrected chi connectivity index (χ3v) is 2.36. The number of hydrogen-bond acceptors (Lipinski definition) is 4. The van der Waals surface area contributed by atoms with E-state index < -0.39 is 0 Å². The maximum absolute atomic E-state index is 11.1. The van der Waals surface area contributed by atoms with Gasteiger partial charge in [-0.2, -0.15) is 5.10 Å². The van der Waals surface area contributed by atoms with Gasteiger partial charge in [0, 0.05) is 25.7 Å². The van der Waals surface area contributed by atoms with E-state index in [1.54, 1.807) is 12.3 Å². The summed E-state index contributed by atoms with van der Waals surface area (Å²) in [5.74, 6) is 0. The molecule has 1 aliphatic heterocycles. The number of rotatable bonds is 1. The van der Waals surface area contributed by atoms with Crippen LogP contribution in [0.4, 0.5) is 5.69 Å². The molecule has 0 saturated carbocycles. The Hall–Kier alpha value is -1.36. The minimum absolute atomic E-state index is 0.139. The maximum atomic E-state index is 11.1. The van der Waals surface area contributed by atoms with E-state index in [-0.39, 0.29) is 5.56 Å². The first-order chi connectivity index (χ1) is 6.86. The lowest BCUT2D eigenvalue weighted by molar-refractivity contribution is 0.724. The number of H-pyrrole nitrogens is 1. The van der Waals surface area contributed by atoms with Crippen molar-refractivity contribution in [3.05, 3.63) is 22.6 Å². The quantitative estimate of drug-likeness (QED) is 0.637. The number of anilines is 1. The van der Waals surface area contributed by atoms with E-state index in [1.807, 2.05) is 0 Å². The molecule has 5 heteroatoms. The minimum Gasteiger partial charge on any atom is -0.369 e. The standard InChI is InChI=1S/C9H14N4O/c14-9-6-8(7-11-12-9)13-4-1-2-10-3-5-13/h6-7,10H,1-5H2,(H,12,14). The van der Waals surface area contributed by atoms with Gasteiger partial charge in [0.25, 0.3) is 5.56 Å². The fourth-order valence-electron chi connectivity index (χ4n) is 1.64. The van der Waals surface area contributed by atoms with Gasteiger partial charge in [0.1, 0.15) is 0 Å². The predicted octanol–water partition coefficient (Wildman–Crippen LogP) is -0.430. The van der Waals surface area contributed by atoms with E-state index in [0.29, 0.717) is 0 Å². The molecule has 2 heterocycles.